The van der Waals surface area contributed by atoms with Gasteiger partial charge in [-0.25, -0.2) is 0 Å². The highest BCUT2D eigenvalue weighted by molar-refractivity contribution is 6.33. The quantitative estimate of drug-likeness (QED) is 0.762. The lowest BCUT2D eigenvalue weighted by atomic mass is 10.2. The summed E-state index contributed by atoms with van der Waals surface area (Å²) >= 11 is 6.02. The predicted molar refractivity (Wildman–Crippen MR) is 65.4 cm³/mol. The summed E-state index contributed by atoms with van der Waals surface area (Å²) in [6, 6.07) is 5.65. The Morgan fingerprint density at radius 1 is 1.53 bits per heavy atom. The number of hydrogen-bond donors (Lipinski definition) is 2. The number of halogens is 1. The van der Waals surface area contributed by atoms with Crippen molar-refractivity contribution in [2.75, 3.05) is 24.3 Å². The lowest BCUT2D eigenvalue weighted by molar-refractivity contribution is 0.141. The van der Waals surface area contributed by atoms with Gasteiger partial charge in [0.1, 0.15) is 0 Å². The van der Waals surface area contributed by atoms with Crippen molar-refractivity contribution >= 4 is 23.0 Å². The van der Waals surface area contributed by atoms with Gasteiger partial charge < -0.3 is 15.8 Å². The van der Waals surface area contributed by atoms with Crippen LogP contribution >= 0.6 is 11.6 Å². The molecule has 0 radical (unpaired) electrons. The molecule has 0 aliphatic rings. The summed E-state index contributed by atoms with van der Waals surface area (Å²) < 4.78 is 5.30. The van der Waals surface area contributed by atoms with Gasteiger partial charge in [0.05, 0.1) is 23.0 Å². The van der Waals surface area contributed by atoms with Crippen LogP contribution in [0.15, 0.2) is 18.2 Å². The third-order valence-electron chi connectivity index (χ3n) is 2.01. The molecule has 0 aromatic heterocycles. The SMILES string of the molecule is CCOCC(C)Nc1c(N)cccc1Cl. The fourth-order valence-electron chi connectivity index (χ4n) is 1.28. The zero-order chi connectivity index (χ0) is 11.3. The number of rotatable bonds is 5. The van der Waals surface area contributed by atoms with E-state index in [2.05, 4.69) is 5.32 Å². The fourth-order valence-corrected chi connectivity index (χ4v) is 1.51. The molecule has 1 aromatic rings. The summed E-state index contributed by atoms with van der Waals surface area (Å²) in [6.45, 7) is 5.35. The Kier molecular flexibility index (Phi) is 4.72. The number of benzene rings is 1. The molecule has 0 amide bonds. The number of nitrogens with one attached hydrogen (secondary N) is 1. The van der Waals surface area contributed by atoms with Gasteiger partial charge in [0.2, 0.25) is 0 Å². The van der Waals surface area contributed by atoms with E-state index in [1.807, 2.05) is 32.0 Å². The van der Waals surface area contributed by atoms with Crippen molar-refractivity contribution in [1.29, 1.82) is 0 Å². The molecule has 1 rings (SSSR count). The van der Waals surface area contributed by atoms with Crippen molar-refractivity contribution in [3.05, 3.63) is 23.2 Å². The van der Waals surface area contributed by atoms with Crippen LogP contribution in [0.4, 0.5) is 11.4 Å². The molecule has 1 atom stereocenters. The first-order valence-corrected chi connectivity index (χ1v) is 5.41. The van der Waals surface area contributed by atoms with Gasteiger partial charge in [-0.3, -0.25) is 0 Å². The Bertz CT molecular complexity index is 297. The van der Waals surface area contributed by atoms with Crippen LogP contribution in [0.5, 0.6) is 0 Å². The van der Waals surface area contributed by atoms with Gasteiger partial charge in [0.25, 0.3) is 0 Å². The number of hydrogen-bond acceptors (Lipinski definition) is 3. The largest absolute Gasteiger partial charge is 0.397 e. The number of anilines is 2. The average Bonchev–Trinajstić information content (AvgIpc) is 2.21. The first-order valence-electron chi connectivity index (χ1n) is 5.03. The molecule has 1 aromatic carbocycles. The van der Waals surface area contributed by atoms with Crippen LogP contribution in [-0.4, -0.2) is 19.3 Å². The highest BCUT2D eigenvalue weighted by Gasteiger charge is 2.07. The molecule has 0 heterocycles. The Morgan fingerprint density at radius 3 is 2.87 bits per heavy atom. The van der Waals surface area contributed by atoms with Crippen LogP contribution < -0.4 is 11.1 Å². The van der Waals surface area contributed by atoms with Gasteiger partial charge >= 0.3 is 0 Å². The highest BCUT2D eigenvalue weighted by atomic mass is 35.5. The van der Waals surface area contributed by atoms with Crippen LogP contribution in [0.3, 0.4) is 0 Å². The summed E-state index contributed by atoms with van der Waals surface area (Å²) in [5.74, 6) is 0. The van der Waals surface area contributed by atoms with Gasteiger partial charge in [-0.2, -0.15) is 0 Å². The third kappa shape index (κ3) is 3.61. The van der Waals surface area contributed by atoms with E-state index in [1.54, 1.807) is 0 Å². The zero-order valence-corrected chi connectivity index (χ0v) is 9.84. The van der Waals surface area contributed by atoms with E-state index in [-0.39, 0.29) is 6.04 Å². The maximum atomic E-state index is 6.02. The zero-order valence-electron chi connectivity index (χ0n) is 9.09. The Balaban J connectivity index is 2.63. The molecule has 0 bridgehead atoms. The number of ether oxygens (including phenoxy) is 1. The first kappa shape index (κ1) is 12.1. The molecule has 84 valence electrons. The molecular formula is C11H17ClN2O. The van der Waals surface area contributed by atoms with Crippen molar-refractivity contribution in [2.24, 2.45) is 0 Å². The summed E-state index contributed by atoms with van der Waals surface area (Å²) in [4.78, 5) is 0. The molecule has 4 heteroatoms. The molecule has 0 fully saturated rings. The van der Waals surface area contributed by atoms with Crippen molar-refractivity contribution in [1.82, 2.24) is 0 Å². The Labute approximate surface area is 95.6 Å². The molecule has 1 unspecified atom stereocenters. The van der Waals surface area contributed by atoms with E-state index in [4.69, 9.17) is 22.1 Å². The van der Waals surface area contributed by atoms with Gasteiger partial charge in [-0.1, -0.05) is 17.7 Å². The predicted octanol–water partition coefficient (Wildman–Crippen LogP) is 2.76. The van der Waals surface area contributed by atoms with Crippen LogP contribution in [0, 0.1) is 0 Å². The van der Waals surface area contributed by atoms with Gasteiger partial charge in [0.15, 0.2) is 0 Å². The molecule has 0 aliphatic carbocycles. The van der Waals surface area contributed by atoms with Crippen molar-refractivity contribution in [2.45, 2.75) is 19.9 Å². The van der Waals surface area contributed by atoms with E-state index in [0.29, 0.717) is 23.9 Å². The van der Waals surface area contributed by atoms with E-state index in [9.17, 15) is 0 Å². The van der Waals surface area contributed by atoms with Crippen molar-refractivity contribution in [3.8, 4) is 0 Å². The fraction of sp³-hybridized carbons (Fsp3) is 0.455. The number of para-hydroxylation sites is 1. The number of nitrogen functional groups attached to an aromatic ring is 1. The summed E-state index contributed by atoms with van der Waals surface area (Å²) in [7, 11) is 0. The first-order chi connectivity index (χ1) is 7.15. The van der Waals surface area contributed by atoms with Crippen LogP contribution in [0.1, 0.15) is 13.8 Å². The second-order valence-corrected chi connectivity index (χ2v) is 3.82. The third-order valence-corrected chi connectivity index (χ3v) is 2.32. The lowest BCUT2D eigenvalue weighted by Crippen LogP contribution is -2.22. The maximum Gasteiger partial charge on any atom is 0.0766 e. The molecule has 3 N–H and O–H groups in total. The van der Waals surface area contributed by atoms with Gasteiger partial charge in [-0.05, 0) is 26.0 Å². The molecule has 15 heavy (non-hydrogen) atoms. The monoisotopic (exact) mass is 228 g/mol. The normalized spacial score (nSPS) is 12.5. The van der Waals surface area contributed by atoms with Crippen LogP contribution in [0.25, 0.3) is 0 Å². The van der Waals surface area contributed by atoms with E-state index in [0.717, 1.165) is 5.69 Å². The molecular weight excluding hydrogens is 212 g/mol. The molecule has 0 spiro atoms. The standard InChI is InChI=1S/C11H17ClN2O/c1-3-15-7-8(2)14-11-9(12)5-4-6-10(11)13/h4-6,8,14H,3,7,13H2,1-2H3. The minimum absolute atomic E-state index is 0.187. The van der Waals surface area contributed by atoms with Crippen molar-refractivity contribution < 1.29 is 4.74 Å². The van der Waals surface area contributed by atoms with Gasteiger partial charge in [0, 0.05) is 12.6 Å². The smallest absolute Gasteiger partial charge is 0.0766 e. The highest BCUT2D eigenvalue weighted by Crippen LogP contribution is 2.28. The van der Waals surface area contributed by atoms with Crippen molar-refractivity contribution in [3.63, 3.8) is 0 Å². The molecule has 3 nitrogen and oxygen atoms in total. The minimum Gasteiger partial charge on any atom is -0.397 e. The van der Waals surface area contributed by atoms with Gasteiger partial charge in [-0.15, -0.1) is 0 Å². The molecule has 0 saturated heterocycles. The summed E-state index contributed by atoms with van der Waals surface area (Å²) in [6.07, 6.45) is 0. The van der Waals surface area contributed by atoms with E-state index in [1.165, 1.54) is 0 Å². The Morgan fingerprint density at radius 2 is 2.27 bits per heavy atom. The average molecular weight is 229 g/mol. The topological polar surface area (TPSA) is 47.3 Å². The van der Waals surface area contributed by atoms with E-state index < -0.39 is 0 Å². The summed E-state index contributed by atoms with van der Waals surface area (Å²) in [5.41, 5.74) is 7.25. The van der Waals surface area contributed by atoms with Crippen LogP contribution in [-0.2, 0) is 4.74 Å². The second kappa shape index (κ2) is 5.83. The Hall–Kier alpha value is -0.930. The van der Waals surface area contributed by atoms with E-state index >= 15 is 0 Å². The minimum atomic E-state index is 0.187. The second-order valence-electron chi connectivity index (χ2n) is 3.41. The van der Waals surface area contributed by atoms with Crippen LogP contribution in [0.2, 0.25) is 5.02 Å². The number of nitrogens with two attached hydrogens (primary N) is 1. The molecule has 0 aliphatic heterocycles. The molecule has 0 saturated carbocycles. The maximum absolute atomic E-state index is 6.02. The lowest BCUT2D eigenvalue weighted by Gasteiger charge is -2.17. The summed E-state index contributed by atoms with van der Waals surface area (Å²) in [5, 5.41) is 3.87.